The smallest absolute Gasteiger partial charge is 0.410 e. The number of carbonyl (C=O) groups excluding carboxylic acids is 3. The Morgan fingerprint density at radius 3 is 2.34 bits per heavy atom. The number of likely N-dealkylation sites (N-methyl/N-ethyl adjacent to an activating group) is 1. The molecule has 0 spiro atoms. The van der Waals surface area contributed by atoms with E-state index in [0.717, 1.165) is 13.1 Å². The number of cyclic esters (lactones) is 1. The van der Waals surface area contributed by atoms with Crippen LogP contribution in [0.2, 0.25) is 0 Å². The van der Waals surface area contributed by atoms with Gasteiger partial charge in [-0.25, -0.2) is 9.18 Å². The molecule has 0 bridgehead atoms. The summed E-state index contributed by atoms with van der Waals surface area (Å²) < 4.78 is 27.0. The van der Waals surface area contributed by atoms with Crippen LogP contribution in [0.1, 0.15) is 65.9 Å². The van der Waals surface area contributed by atoms with Gasteiger partial charge >= 0.3 is 12.1 Å². The maximum Gasteiger partial charge on any atom is 0.410 e. The first kappa shape index (κ1) is 39.3. The summed E-state index contributed by atoms with van der Waals surface area (Å²) in [6.07, 6.45) is 3.65. The number of esters is 1. The van der Waals surface area contributed by atoms with E-state index in [0.29, 0.717) is 75.4 Å². The van der Waals surface area contributed by atoms with Crippen molar-refractivity contribution in [3.63, 3.8) is 0 Å². The molecule has 0 aromatic heterocycles. The summed E-state index contributed by atoms with van der Waals surface area (Å²) in [5, 5.41) is 20.8. The third kappa shape index (κ3) is 10.8. The number of aliphatic hydroxyl groups is 2. The van der Waals surface area contributed by atoms with Crippen molar-refractivity contribution in [2.75, 3.05) is 64.3 Å². The lowest BCUT2D eigenvalue weighted by atomic mass is 9.91. The summed E-state index contributed by atoms with van der Waals surface area (Å²) in [4.78, 5) is 46.6. The van der Waals surface area contributed by atoms with Gasteiger partial charge in [-0.3, -0.25) is 9.59 Å². The third-order valence-electron chi connectivity index (χ3n) is 10.3. The van der Waals surface area contributed by atoms with E-state index >= 15 is 4.39 Å². The van der Waals surface area contributed by atoms with E-state index in [1.54, 1.807) is 22.8 Å². The molecule has 278 valence electrons. The first-order valence-corrected chi connectivity index (χ1v) is 18.2. The maximum atomic E-state index is 15.0. The second-order valence-electron chi connectivity index (χ2n) is 14.4. The molecule has 4 rings (SSSR count). The van der Waals surface area contributed by atoms with Gasteiger partial charge in [-0.1, -0.05) is 39.8 Å². The Morgan fingerprint density at radius 1 is 1.02 bits per heavy atom. The maximum absolute atomic E-state index is 15.0. The highest BCUT2D eigenvalue weighted by Gasteiger charge is 2.31. The molecule has 3 heterocycles. The van der Waals surface area contributed by atoms with Crippen LogP contribution in [0.4, 0.5) is 14.9 Å². The van der Waals surface area contributed by atoms with Crippen LogP contribution < -0.4 is 4.90 Å². The molecule has 0 radical (unpaired) electrons. The number of halogens is 1. The molecule has 7 atom stereocenters. The number of ether oxygens (including phenoxy) is 2. The van der Waals surface area contributed by atoms with Crippen LogP contribution in [0.15, 0.2) is 35.9 Å². The lowest BCUT2D eigenvalue weighted by molar-refractivity contribution is -0.151. The fourth-order valence-corrected chi connectivity index (χ4v) is 6.83. The van der Waals surface area contributed by atoms with Crippen molar-refractivity contribution in [2.24, 2.45) is 17.8 Å². The Labute approximate surface area is 296 Å². The molecule has 3 aliphatic heterocycles. The highest BCUT2D eigenvalue weighted by Crippen LogP contribution is 2.28. The van der Waals surface area contributed by atoms with Crippen molar-refractivity contribution in [2.45, 2.75) is 84.7 Å². The van der Waals surface area contributed by atoms with Crippen LogP contribution in [0.3, 0.4) is 0 Å². The van der Waals surface area contributed by atoms with Gasteiger partial charge in [-0.15, -0.1) is 0 Å². The van der Waals surface area contributed by atoms with Gasteiger partial charge in [-0.2, -0.15) is 0 Å². The quantitative estimate of drug-likeness (QED) is 0.316. The number of nitrogens with zero attached hydrogens (tertiary/aromatic N) is 4. The Kier molecular flexibility index (Phi) is 14.3. The zero-order valence-corrected chi connectivity index (χ0v) is 30.6. The SMILES string of the molecule is CCC(O)C(C)C(=O)N1CCN(c2cc(F)cc(/C=C(\C)[C@H]3OC(=O)C[C@@H](O)CC[C@@H](C)[C@@H](OC(=O)N4CCN(C)CC4)/C=C/[C@@H]3C)c2)CC1. The zero-order chi connectivity index (χ0) is 36.5. The molecular formula is C38H57FN4O7. The number of anilines is 1. The second kappa shape index (κ2) is 18.1. The molecule has 12 heteroatoms. The number of rotatable bonds is 7. The predicted octanol–water partition coefficient (Wildman–Crippen LogP) is 4.32. The Morgan fingerprint density at radius 2 is 1.68 bits per heavy atom. The van der Waals surface area contributed by atoms with E-state index in [2.05, 4.69) is 4.90 Å². The molecule has 2 N–H and O–H groups in total. The van der Waals surface area contributed by atoms with Crippen LogP contribution >= 0.6 is 0 Å². The number of benzene rings is 1. The average molecular weight is 701 g/mol. The minimum absolute atomic E-state index is 0.0753. The Balaban J connectivity index is 1.51. The van der Waals surface area contributed by atoms with Gasteiger partial charge in [-0.05, 0) is 74.6 Å². The highest BCUT2D eigenvalue weighted by molar-refractivity contribution is 5.79. The number of aliphatic hydroxyl groups excluding tert-OH is 2. The van der Waals surface area contributed by atoms with Crippen molar-refractivity contribution < 1.29 is 38.5 Å². The van der Waals surface area contributed by atoms with E-state index in [4.69, 9.17) is 9.47 Å². The molecule has 0 aliphatic carbocycles. The average Bonchev–Trinajstić information content (AvgIpc) is 3.09. The molecule has 11 nitrogen and oxygen atoms in total. The second-order valence-corrected chi connectivity index (χ2v) is 14.4. The molecule has 0 saturated carbocycles. The summed E-state index contributed by atoms with van der Waals surface area (Å²) in [6, 6.07) is 4.78. The topological polar surface area (TPSA) is 123 Å². The van der Waals surface area contributed by atoms with E-state index in [1.165, 1.54) is 12.1 Å². The zero-order valence-electron chi connectivity index (χ0n) is 30.6. The minimum atomic E-state index is -0.899. The highest BCUT2D eigenvalue weighted by atomic mass is 19.1. The van der Waals surface area contributed by atoms with Crippen LogP contribution in [0.5, 0.6) is 0 Å². The fourth-order valence-electron chi connectivity index (χ4n) is 6.83. The van der Waals surface area contributed by atoms with E-state index < -0.39 is 42.1 Å². The number of carbonyl (C=O) groups is 3. The first-order valence-electron chi connectivity index (χ1n) is 18.2. The molecule has 2 amide bonds. The van der Waals surface area contributed by atoms with Crippen LogP contribution in [0.25, 0.3) is 6.08 Å². The number of hydrogen-bond acceptors (Lipinski definition) is 9. The van der Waals surface area contributed by atoms with Crippen LogP contribution in [0, 0.1) is 23.6 Å². The van der Waals surface area contributed by atoms with Gasteiger partial charge in [0.25, 0.3) is 0 Å². The number of piperazine rings is 2. The normalized spacial score (nSPS) is 28.2. The number of amides is 2. The lowest BCUT2D eigenvalue weighted by Crippen LogP contribution is -2.51. The van der Waals surface area contributed by atoms with Gasteiger partial charge in [0, 0.05) is 64.0 Å². The van der Waals surface area contributed by atoms with Crippen molar-refractivity contribution in [1.82, 2.24) is 14.7 Å². The van der Waals surface area contributed by atoms with E-state index in [9.17, 15) is 24.6 Å². The fraction of sp³-hybridized carbons (Fsp3) is 0.658. The predicted molar refractivity (Wildman–Crippen MR) is 191 cm³/mol. The van der Waals surface area contributed by atoms with Gasteiger partial charge in [0.1, 0.15) is 18.0 Å². The van der Waals surface area contributed by atoms with Crippen molar-refractivity contribution >= 4 is 29.7 Å². The molecule has 2 fully saturated rings. The minimum Gasteiger partial charge on any atom is -0.457 e. The van der Waals surface area contributed by atoms with Gasteiger partial charge in [0.2, 0.25) is 5.91 Å². The molecule has 3 aliphatic rings. The van der Waals surface area contributed by atoms with Crippen molar-refractivity contribution in [1.29, 1.82) is 0 Å². The van der Waals surface area contributed by atoms with Crippen LogP contribution in [-0.4, -0.2) is 127 Å². The molecule has 50 heavy (non-hydrogen) atoms. The third-order valence-corrected chi connectivity index (χ3v) is 10.3. The van der Waals surface area contributed by atoms with Crippen molar-refractivity contribution in [3.8, 4) is 0 Å². The van der Waals surface area contributed by atoms with E-state index in [-0.39, 0.29) is 30.3 Å². The summed E-state index contributed by atoms with van der Waals surface area (Å²) in [5.41, 5.74) is 1.97. The van der Waals surface area contributed by atoms with Crippen LogP contribution in [-0.2, 0) is 19.1 Å². The molecular weight excluding hydrogens is 643 g/mol. The van der Waals surface area contributed by atoms with E-state index in [1.807, 2.05) is 57.9 Å². The summed E-state index contributed by atoms with van der Waals surface area (Å²) >= 11 is 0. The molecule has 1 aromatic rings. The lowest BCUT2D eigenvalue weighted by Gasteiger charge is -2.37. The summed E-state index contributed by atoms with van der Waals surface area (Å²) in [6.45, 7) is 14.1. The molecule has 1 aromatic carbocycles. The largest absolute Gasteiger partial charge is 0.457 e. The number of hydrogen-bond donors (Lipinski definition) is 2. The van der Waals surface area contributed by atoms with Gasteiger partial charge in [0.05, 0.1) is 24.5 Å². The summed E-state index contributed by atoms with van der Waals surface area (Å²) in [7, 11) is 2.02. The molecule has 2 unspecified atom stereocenters. The Bertz CT molecular complexity index is 1370. The van der Waals surface area contributed by atoms with Gasteiger partial charge in [0.15, 0.2) is 0 Å². The van der Waals surface area contributed by atoms with Crippen molar-refractivity contribution in [3.05, 3.63) is 47.3 Å². The van der Waals surface area contributed by atoms with Gasteiger partial charge < -0.3 is 39.3 Å². The first-order chi connectivity index (χ1) is 23.7. The summed E-state index contributed by atoms with van der Waals surface area (Å²) in [5.74, 6) is -1.89. The standard InChI is InChI=1S/C38H57FN4O7/c1-7-33(45)28(5)37(47)42-18-16-41(17-19-42)31-22-29(21-30(39)23-31)20-27(4)36-26(3)9-11-34(25(2)8-10-32(44)24-35(46)50-36)49-38(48)43-14-12-40(6)13-15-43/h9,11,20-23,25-26,28,32-34,36,44-45H,7-8,10,12-19,24H2,1-6H3/b11-9+,27-20+/t25-,26+,28?,32+,33?,34+,36+/m1/s1. The molecule has 2 saturated heterocycles. The monoisotopic (exact) mass is 700 g/mol. The Hall–Kier alpha value is -3.48.